The molecule has 138 valence electrons. The van der Waals surface area contributed by atoms with E-state index in [-0.39, 0.29) is 0 Å². The molecule has 0 radical (unpaired) electrons. The van der Waals surface area contributed by atoms with Gasteiger partial charge in [0.25, 0.3) is 0 Å². The molecule has 4 rings (SSSR count). The van der Waals surface area contributed by atoms with Crippen LogP contribution < -0.4 is 4.90 Å². The van der Waals surface area contributed by atoms with Crippen LogP contribution in [-0.2, 0) is 6.42 Å². The lowest BCUT2D eigenvalue weighted by Crippen LogP contribution is -2.59. The van der Waals surface area contributed by atoms with Crippen LogP contribution in [-0.4, -0.2) is 71.6 Å². The first-order valence-electron chi connectivity index (χ1n) is 10.2. The average Bonchev–Trinajstić information content (AvgIpc) is 2.66. The van der Waals surface area contributed by atoms with Gasteiger partial charge < -0.3 is 9.80 Å². The third-order valence-electron chi connectivity index (χ3n) is 6.78. The van der Waals surface area contributed by atoms with Gasteiger partial charge in [-0.25, -0.2) is 9.97 Å². The molecule has 0 N–H and O–H groups in total. The first-order valence-corrected chi connectivity index (χ1v) is 10.2. The molecule has 0 aromatic carbocycles. The summed E-state index contributed by atoms with van der Waals surface area (Å²) in [6.07, 6.45) is 10.6. The van der Waals surface area contributed by atoms with Crippen molar-refractivity contribution in [1.29, 1.82) is 0 Å². The van der Waals surface area contributed by atoms with Gasteiger partial charge in [0, 0.05) is 51.7 Å². The molecule has 1 aromatic heterocycles. The second-order valence-electron chi connectivity index (χ2n) is 8.27. The van der Waals surface area contributed by atoms with Crippen LogP contribution in [0.15, 0.2) is 12.4 Å². The molecule has 25 heavy (non-hydrogen) atoms. The van der Waals surface area contributed by atoms with E-state index in [2.05, 4.69) is 38.5 Å². The summed E-state index contributed by atoms with van der Waals surface area (Å²) >= 11 is 0. The SMILES string of the molecule is CCc1ncc(N2CCN(C3CCC4(CC3)CN(CC)C4)CC2)cn1. The third kappa shape index (κ3) is 3.54. The van der Waals surface area contributed by atoms with Gasteiger partial charge in [-0.1, -0.05) is 13.8 Å². The van der Waals surface area contributed by atoms with E-state index in [9.17, 15) is 0 Å². The summed E-state index contributed by atoms with van der Waals surface area (Å²) in [6, 6.07) is 0.821. The first-order chi connectivity index (χ1) is 12.2. The Morgan fingerprint density at radius 2 is 1.64 bits per heavy atom. The van der Waals surface area contributed by atoms with Crippen LogP contribution >= 0.6 is 0 Å². The van der Waals surface area contributed by atoms with Crippen molar-refractivity contribution in [3.05, 3.63) is 18.2 Å². The number of rotatable bonds is 4. The normalized spacial score (nSPS) is 25.3. The molecule has 1 aromatic rings. The second-order valence-corrected chi connectivity index (χ2v) is 8.27. The van der Waals surface area contributed by atoms with Gasteiger partial charge in [-0.2, -0.15) is 0 Å². The van der Waals surface area contributed by atoms with E-state index >= 15 is 0 Å². The first kappa shape index (κ1) is 17.2. The maximum absolute atomic E-state index is 4.46. The number of anilines is 1. The van der Waals surface area contributed by atoms with Crippen LogP contribution in [0.1, 0.15) is 45.4 Å². The fraction of sp³-hybridized carbons (Fsp3) is 0.800. The van der Waals surface area contributed by atoms with Crippen molar-refractivity contribution in [1.82, 2.24) is 19.8 Å². The van der Waals surface area contributed by atoms with Crippen molar-refractivity contribution in [2.24, 2.45) is 5.41 Å². The predicted octanol–water partition coefficient (Wildman–Crippen LogP) is 2.43. The molecule has 2 aliphatic heterocycles. The van der Waals surface area contributed by atoms with Gasteiger partial charge in [-0.05, 0) is 37.6 Å². The summed E-state index contributed by atoms with van der Waals surface area (Å²) in [5, 5.41) is 0. The van der Waals surface area contributed by atoms with Crippen LogP contribution in [0.4, 0.5) is 5.69 Å². The molecule has 5 nitrogen and oxygen atoms in total. The molecule has 2 saturated heterocycles. The van der Waals surface area contributed by atoms with Crippen LogP contribution in [0.25, 0.3) is 0 Å². The Balaban J connectivity index is 1.25. The molecular formula is C20H33N5. The Labute approximate surface area is 152 Å². The number of piperazine rings is 1. The highest BCUT2D eigenvalue weighted by Crippen LogP contribution is 2.44. The summed E-state index contributed by atoms with van der Waals surface area (Å²) in [6.45, 7) is 12.9. The Kier molecular flexibility index (Phi) is 4.96. The standard InChI is InChI=1S/C20H33N5/c1-3-19-21-13-18(14-22-19)25-11-9-24(10-12-25)17-5-7-20(8-6-17)15-23(4-2)16-20/h13-14,17H,3-12,15-16H2,1-2H3. The summed E-state index contributed by atoms with van der Waals surface area (Å²) in [4.78, 5) is 16.7. The van der Waals surface area contributed by atoms with Gasteiger partial charge in [0.2, 0.25) is 0 Å². The van der Waals surface area contributed by atoms with E-state index in [1.54, 1.807) is 0 Å². The Hall–Kier alpha value is -1.20. The molecular weight excluding hydrogens is 310 g/mol. The van der Waals surface area contributed by atoms with E-state index in [4.69, 9.17) is 0 Å². The van der Waals surface area contributed by atoms with Gasteiger partial charge in [0.05, 0.1) is 18.1 Å². The summed E-state index contributed by atoms with van der Waals surface area (Å²) in [5.41, 5.74) is 1.88. The summed E-state index contributed by atoms with van der Waals surface area (Å²) < 4.78 is 0. The highest BCUT2D eigenvalue weighted by atomic mass is 15.3. The maximum Gasteiger partial charge on any atom is 0.128 e. The van der Waals surface area contributed by atoms with E-state index in [1.807, 2.05) is 12.4 Å². The minimum absolute atomic E-state index is 0.687. The minimum atomic E-state index is 0.687. The Morgan fingerprint density at radius 1 is 1.00 bits per heavy atom. The molecule has 0 unspecified atom stereocenters. The Morgan fingerprint density at radius 3 is 2.20 bits per heavy atom. The Bertz CT molecular complexity index is 548. The number of likely N-dealkylation sites (tertiary alicyclic amines) is 1. The van der Waals surface area contributed by atoms with Gasteiger partial charge in [0.1, 0.15) is 5.82 Å². The van der Waals surface area contributed by atoms with Crippen LogP contribution in [0.3, 0.4) is 0 Å². The lowest BCUT2D eigenvalue weighted by atomic mass is 9.67. The van der Waals surface area contributed by atoms with Crippen molar-refractivity contribution in [2.75, 3.05) is 50.7 Å². The fourth-order valence-corrected chi connectivity index (χ4v) is 5.06. The van der Waals surface area contributed by atoms with E-state index < -0.39 is 0 Å². The van der Waals surface area contributed by atoms with Crippen LogP contribution in [0.5, 0.6) is 0 Å². The average molecular weight is 344 g/mol. The molecule has 3 aliphatic rings. The van der Waals surface area contributed by atoms with Crippen molar-refractivity contribution in [2.45, 2.75) is 52.0 Å². The molecule has 3 fully saturated rings. The van der Waals surface area contributed by atoms with Gasteiger partial charge in [-0.3, -0.25) is 4.90 Å². The smallest absolute Gasteiger partial charge is 0.128 e. The fourth-order valence-electron chi connectivity index (χ4n) is 5.06. The molecule has 0 amide bonds. The van der Waals surface area contributed by atoms with Crippen molar-refractivity contribution in [3.8, 4) is 0 Å². The summed E-state index contributed by atoms with van der Waals surface area (Å²) in [5.74, 6) is 0.941. The van der Waals surface area contributed by atoms with E-state index in [0.29, 0.717) is 5.41 Å². The lowest BCUT2D eigenvalue weighted by Gasteiger charge is -2.55. The number of hydrogen-bond donors (Lipinski definition) is 0. The molecule has 1 spiro atoms. The zero-order chi connectivity index (χ0) is 17.3. The van der Waals surface area contributed by atoms with E-state index in [0.717, 1.165) is 31.4 Å². The highest BCUT2D eigenvalue weighted by Gasteiger charge is 2.45. The lowest BCUT2D eigenvalue weighted by molar-refractivity contribution is -0.0427. The topological polar surface area (TPSA) is 35.5 Å². The highest BCUT2D eigenvalue weighted by molar-refractivity contribution is 5.42. The van der Waals surface area contributed by atoms with Crippen molar-refractivity contribution in [3.63, 3.8) is 0 Å². The number of hydrogen-bond acceptors (Lipinski definition) is 5. The number of aromatic nitrogens is 2. The largest absolute Gasteiger partial charge is 0.366 e. The maximum atomic E-state index is 4.46. The molecule has 3 heterocycles. The van der Waals surface area contributed by atoms with Crippen LogP contribution in [0.2, 0.25) is 0 Å². The molecule has 0 bridgehead atoms. The molecule has 1 saturated carbocycles. The van der Waals surface area contributed by atoms with Gasteiger partial charge >= 0.3 is 0 Å². The predicted molar refractivity (Wildman–Crippen MR) is 102 cm³/mol. The minimum Gasteiger partial charge on any atom is -0.366 e. The number of aryl methyl sites for hydroxylation is 1. The van der Waals surface area contributed by atoms with Crippen LogP contribution in [0, 0.1) is 5.41 Å². The number of nitrogens with zero attached hydrogens (tertiary/aromatic N) is 5. The van der Waals surface area contributed by atoms with Crippen molar-refractivity contribution >= 4 is 5.69 Å². The van der Waals surface area contributed by atoms with Gasteiger partial charge in [-0.15, -0.1) is 0 Å². The van der Waals surface area contributed by atoms with Crippen molar-refractivity contribution < 1.29 is 0 Å². The quantitative estimate of drug-likeness (QED) is 0.839. The molecule has 1 aliphatic carbocycles. The molecule has 0 atom stereocenters. The third-order valence-corrected chi connectivity index (χ3v) is 6.78. The second kappa shape index (κ2) is 7.20. The molecule has 5 heteroatoms. The van der Waals surface area contributed by atoms with Gasteiger partial charge in [0.15, 0.2) is 0 Å². The van der Waals surface area contributed by atoms with E-state index in [1.165, 1.54) is 64.1 Å². The monoisotopic (exact) mass is 343 g/mol. The zero-order valence-corrected chi connectivity index (χ0v) is 16.0. The summed E-state index contributed by atoms with van der Waals surface area (Å²) in [7, 11) is 0. The zero-order valence-electron chi connectivity index (χ0n) is 16.0.